The lowest BCUT2D eigenvalue weighted by atomic mass is 9.98. The Hall–Kier alpha value is -2.78. The molecule has 104 valence electrons. The first-order valence-electron chi connectivity index (χ1n) is 5.89. The molecular formula is C14H9ClN4O2. The molecule has 6 nitrogen and oxygen atoms in total. The molecular weight excluding hydrogens is 292 g/mol. The van der Waals surface area contributed by atoms with Crippen LogP contribution in [-0.2, 0) is 4.79 Å². The Kier molecular flexibility index (Phi) is 4.59. The molecule has 0 saturated carbocycles. The second kappa shape index (κ2) is 6.59. The average molecular weight is 301 g/mol. The molecule has 0 aliphatic heterocycles. The van der Waals surface area contributed by atoms with Gasteiger partial charge in [0.15, 0.2) is 11.7 Å². The molecule has 0 saturated heterocycles. The Morgan fingerprint density at radius 3 is 2.57 bits per heavy atom. The number of anilines is 1. The van der Waals surface area contributed by atoms with Crippen molar-refractivity contribution in [2.45, 2.75) is 0 Å². The fourth-order valence-corrected chi connectivity index (χ4v) is 1.78. The van der Waals surface area contributed by atoms with Gasteiger partial charge in [-0.3, -0.25) is 14.9 Å². The van der Waals surface area contributed by atoms with Gasteiger partial charge in [-0.2, -0.15) is 5.26 Å². The number of nitrogens with one attached hydrogen (secondary N) is 1. The summed E-state index contributed by atoms with van der Waals surface area (Å²) in [6, 6.07) is 9.32. The monoisotopic (exact) mass is 300 g/mol. The lowest BCUT2D eigenvalue weighted by molar-refractivity contribution is -0.117. The smallest absolute Gasteiger partial charge is 0.252 e. The Labute approximate surface area is 125 Å². The molecule has 0 radical (unpaired) electrons. The molecule has 2 aromatic rings. The van der Waals surface area contributed by atoms with Crippen molar-refractivity contribution >= 4 is 29.2 Å². The van der Waals surface area contributed by atoms with Crippen LogP contribution in [0.15, 0.2) is 42.7 Å². The zero-order valence-corrected chi connectivity index (χ0v) is 11.4. The van der Waals surface area contributed by atoms with Gasteiger partial charge in [0.25, 0.3) is 5.91 Å². The zero-order chi connectivity index (χ0) is 15.2. The van der Waals surface area contributed by atoms with Crippen LogP contribution < -0.4 is 5.32 Å². The maximum Gasteiger partial charge on any atom is 0.252 e. The third kappa shape index (κ3) is 3.61. The van der Waals surface area contributed by atoms with E-state index in [-0.39, 0.29) is 11.5 Å². The highest BCUT2D eigenvalue weighted by Crippen LogP contribution is 2.15. The molecule has 1 amide bonds. The molecule has 1 unspecified atom stereocenters. The van der Waals surface area contributed by atoms with Crippen molar-refractivity contribution in [1.29, 1.82) is 5.26 Å². The van der Waals surface area contributed by atoms with Crippen LogP contribution in [0, 0.1) is 17.2 Å². The first-order chi connectivity index (χ1) is 10.1. The molecule has 1 aromatic heterocycles. The maximum atomic E-state index is 12.2. The third-order valence-corrected chi connectivity index (χ3v) is 2.80. The molecule has 0 bridgehead atoms. The lowest BCUT2D eigenvalue weighted by Crippen LogP contribution is -2.29. The molecule has 0 aliphatic carbocycles. The number of carbonyl (C=O) groups is 2. The van der Waals surface area contributed by atoms with Gasteiger partial charge in [-0.1, -0.05) is 23.7 Å². The summed E-state index contributed by atoms with van der Waals surface area (Å²) in [5, 5.41) is 11.7. The standard InChI is InChI=1S/C14H9ClN4O2/c15-10-4-1-3-9(7-10)12(20)11(8-16)13(21)19-14-17-5-2-6-18-14/h1-7,11H,(H,17,18,19,21). The first kappa shape index (κ1) is 14.6. The molecule has 0 fully saturated rings. The van der Waals surface area contributed by atoms with Gasteiger partial charge in [0, 0.05) is 23.0 Å². The number of hydrogen-bond acceptors (Lipinski definition) is 5. The topological polar surface area (TPSA) is 95.7 Å². The third-order valence-electron chi connectivity index (χ3n) is 2.56. The van der Waals surface area contributed by atoms with Gasteiger partial charge in [0.05, 0.1) is 6.07 Å². The Bertz CT molecular complexity index is 712. The van der Waals surface area contributed by atoms with E-state index in [4.69, 9.17) is 16.9 Å². The summed E-state index contributed by atoms with van der Waals surface area (Å²) < 4.78 is 0. The quantitative estimate of drug-likeness (QED) is 0.689. The number of carbonyl (C=O) groups excluding carboxylic acids is 2. The van der Waals surface area contributed by atoms with Crippen LogP contribution in [0.3, 0.4) is 0 Å². The highest BCUT2D eigenvalue weighted by Gasteiger charge is 2.28. The van der Waals surface area contributed by atoms with Gasteiger partial charge in [-0.05, 0) is 18.2 Å². The van der Waals surface area contributed by atoms with Crippen molar-refractivity contribution in [1.82, 2.24) is 9.97 Å². The van der Waals surface area contributed by atoms with Crippen LogP contribution in [-0.4, -0.2) is 21.7 Å². The summed E-state index contributed by atoms with van der Waals surface area (Å²) >= 11 is 5.79. The van der Waals surface area contributed by atoms with Gasteiger partial charge in [0.2, 0.25) is 5.95 Å². The zero-order valence-electron chi connectivity index (χ0n) is 10.7. The second-order valence-corrected chi connectivity index (χ2v) is 4.43. The summed E-state index contributed by atoms with van der Waals surface area (Å²) in [4.78, 5) is 31.7. The van der Waals surface area contributed by atoms with Crippen LogP contribution >= 0.6 is 11.6 Å². The number of ketones is 1. The van der Waals surface area contributed by atoms with Crippen LogP contribution in [0.4, 0.5) is 5.95 Å². The van der Waals surface area contributed by atoms with E-state index in [0.717, 1.165) is 0 Å². The van der Waals surface area contributed by atoms with E-state index >= 15 is 0 Å². The Balaban J connectivity index is 2.18. The molecule has 7 heteroatoms. The van der Waals surface area contributed by atoms with E-state index in [0.29, 0.717) is 5.02 Å². The van der Waals surface area contributed by atoms with Crippen molar-refractivity contribution in [3.8, 4) is 6.07 Å². The molecule has 21 heavy (non-hydrogen) atoms. The van der Waals surface area contributed by atoms with Crippen LogP contribution in [0.1, 0.15) is 10.4 Å². The summed E-state index contributed by atoms with van der Waals surface area (Å²) in [6.07, 6.45) is 2.87. The van der Waals surface area contributed by atoms with Gasteiger partial charge < -0.3 is 0 Å². The van der Waals surface area contributed by atoms with E-state index in [2.05, 4.69) is 15.3 Å². The number of hydrogen-bond donors (Lipinski definition) is 1. The van der Waals surface area contributed by atoms with Crippen molar-refractivity contribution in [2.24, 2.45) is 5.92 Å². The number of rotatable bonds is 4. The van der Waals surface area contributed by atoms with Gasteiger partial charge >= 0.3 is 0 Å². The lowest BCUT2D eigenvalue weighted by Gasteiger charge is -2.08. The van der Waals surface area contributed by atoms with Crippen LogP contribution in [0.2, 0.25) is 5.02 Å². The highest BCUT2D eigenvalue weighted by atomic mass is 35.5. The van der Waals surface area contributed by atoms with E-state index in [1.54, 1.807) is 24.3 Å². The molecule has 1 N–H and O–H groups in total. The Morgan fingerprint density at radius 2 is 1.95 bits per heavy atom. The van der Waals surface area contributed by atoms with Crippen molar-refractivity contribution in [2.75, 3.05) is 5.32 Å². The summed E-state index contributed by atoms with van der Waals surface area (Å²) in [5.41, 5.74) is 0.193. The number of nitrogens with zero attached hydrogens (tertiary/aromatic N) is 3. The molecule has 1 atom stereocenters. The minimum absolute atomic E-state index is 0.0293. The predicted octanol–water partition coefficient (Wildman–Crippen LogP) is 2.09. The Morgan fingerprint density at radius 1 is 1.24 bits per heavy atom. The van der Waals surface area contributed by atoms with E-state index in [9.17, 15) is 9.59 Å². The summed E-state index contributed by atoms with van der Waals surface area (Å²) in [7, 11) is 0. The fourth-order valence-electron chi connectivity index (χ4n) is 1.59. The SMILES string of the molecule is N#CC(C(=O)Nc1ncccn1)C(=O)c1cccc(Cl)c1. The fraction of sp³-hybridized carbons (Fsp3) is 0.0714. The predicted molar refractivity (Wildman–Crippen MR) is 75.5 cm³/mol. The van der Waals surface area contributed by atoms with Gasteiger partial charge in [-0.25, -0.2) is 9.97 Å². The number of halogens is 1. The number of nitriles is 1. The maximum absolute atomic E-state index is 12.2. The van der Waals surface area contributed by atoms with E-state index < -0.39 is 17.6 Å². The number of amides is 1. The molecule has 2 rings (SSSR count). The molecule has 1 aromatic carbocycles. The van der Waals surface area contributed by atoms with E-state index in [1.807, 2.05) is 0 Å². The minimum Gasteiger partial charge on any atom is -0.293 e. The number of Topliss-reactive ketones (excluding diaryl/α,β-unsaturated/α-hetero) is 1. The van der Waals surface area contributed by atoms with Gasteiger partial charge in [-0.15, -0.1) is 0 Å². The summed E-state index contributed by atoms with van der Waals surface area (Å²) in [6.45, 7) is 0. The molecule has 1 heterocycles. The molecule has 0 spiro atoms. The van der Waals surface area contributed by atoms with Gasteiger partial charge in [0.1, 0.15) is 0 Å². The van der Waals surface area contributed by atoms with E-state index in [1.165, 1.54) is 24.5 Å². The number of benzene rings is 1. The molecule has 0 aliphatic rings. The minimum atomic E-state index is -1.49. The summed E-state index contributed by atoms with van der Waals surface area (Å²) in [5.74, 6) is -2.88. The number of aromatic nitrogens is 2. The van der Waals surface area contributed by atoms with Crippen molar-refractivity contribution in [3.05, 3.63) is 53.3 Å². The average Bonchev–Trinajstić information content (AvgIpc) is 2.49. The second-order valence-electron chi connectivity index (χ2n) is 4.00. The highest BCUT2D eigenvalue weighted by molar-refractivity contribution is 6.31. The first-order valence-corrected chi connectivity index (χ1v) is 6.27. The van der Waals surface area contributed by atoms with Crippen LogP contribution in [0.5, 0.6) is 0 Å². The van der Waals surface area contributed by atoms with Crippen molar-refractivity contribution in [3.63, 3.8) is 0 Å². The van der Waals surface area contributed by atoms with Crippen LogP contribution in [0.25, 0.3) is 0 Å². The normalized spacial score (nSPS) is 11.2. The largest absolute Gasteiger partial charge is 0.293 e. The van der Waals surface area contributed by atoms with Crippen molar-refractivity contribution < 1.29 is 9.59 Å².